The molecule has 18 heavy (non-hydrogen) atoms. The largest absolute Gasteiger partial charge is 0.328 e. The van der Waals surface area contributed by atoms with Crippen LogP contribution in [0.15, 0.2) is 24.3 Å². The third-order valence-electron chi connectivity index (χ3n) is 3.19. The summed E-state index contributed by atoms with van der Waals surface area (Å²) >= 11 is 0. The first-order valence-corrected chi connectivity index (χ1v) is 5.87. The molecule has 1 fully saturated rings. The molecule has 0 bridgehead atoms. The van der Waals surface area contributed by atoms with E-state index in [1.54, 1.807) is 0 Å². The van der Waals surface area contributed by atoms with Gasteiger partial charge in [0.25, 0.3) is 5.69 Å². The van der Waals surface area contributed by atoms with Crippen LogP contribution >= 0.6 is 0 Å². The lowest BCUT2D eigenvalue weighted by Gasteiger charge is -2.10. The van der Waals surface area contributed by atoms with Gasteiger partial charge in [0.2, 0.25) is 5.91 Å². The topological polar surface area (TPSA) is 98.3 Å². The summed E-state index contributed by atoms with van der Waals surface area (Å²) in [4.78, 5) is 21.9. The Balaban J connectivity index is 1.97. The predicted molar refractivity (Wildman–Crippen MR) is 67.0 cm³/mol. The number of anilines is 1. The first-order chi connectivity index (χ1) is 8.56. The lowest BCUT2D eigenvalue weighted by atomic mass is 10.1. The number of benzene rings is 1. The Bertz CT molecular complexity index is 458. The number of hydrogen-bond donors (Lipinski definition) is 2. The maximum absolute atomic E-state index is 11.9. The van der Waals surface area contributed by atoms with Crippen LogP contribution in [0.4, 0.5) is 11.4 Å². The Kier molecular flexibility index (Phi) is 3.57. The highest BCUT2D eigenvalue weighted by atomic mass is 16.6. The van der Waals surface area contributed by atoms with Crippen molar-refractivity contribution in [3.63, 3.8) is 0 Å². The van der Waals surface area contributed by atoms with Crippen LogP contribution in [0.5, 0.6) is 0 Å². The number of carbonyl (C=O) groups excluding carboxylic acids is 1. The quantitative estimate of drug-likeness (QED) is 0.628. The van der Waals surface area contributed by atoms with Crippen LogP contribution in [0.1, 0.15) is 19.3 Å². The van der Waals surface area contributed by atoms with Crippen LogP contribution in [0.2, 0.25) is 0 Å². The van der Waals surface area contributed by atoms with Crippen LogP contribution < -0.4 is 11.1 Å². The maximum atomic E-state index is 11.9. The molecular formula is C12H15N3O3. The summed E-state index contributed by atoms with van der Waals surface area (Å²) < 4.78 is 0. The molecule has 1 aromatic carbocycles. The minimum Gasteiger partial charge on any atom is -0.328 e. The first-order valence-electron chi connectivity index (χ1n) is 5.87. The second kappa shape index (κ2) is 5.14. The number of nitrogens with two attached hydrogens (primary N) is 1. The number of rotatable bonds is 3. The van der Waals surface area contributed by atoms with Gasteiger partial charge in [-0.3, -0.25) is 14.9 Å². The third kappa shape index (κ3) is 2.84. The number of nitro benzene ring substituents is 1. The number of nitrogens with one attached hydrogen (secondary N) is 1. The zero-order valence-corrected chi connectivity index (χ0v) is 9.83. The molecule has 2 unspecified atom stereocenters. The van der Waals surface area contributed by atoms with Crippen molar-refractivity contribution in [2.75, 3.05) is 5.32 Å². The van der Waals surface area contributed by atoms with E-state index < -0.39 is 4.92 Å². The van der Waals surface area contributed by atoms with Crippen LogP contribution in [-0.4, -0.2) is 16.9 Å². The van der Waals surface area contributed by atoms with Crippen LogP contribution in [0.25, 0.3) is 0 Å². The molecule has 0 saturated heterocycles. The summed E-state index contributed by atoms with van der Waals surface area (Å²) in [5.41, 5.74) is 6.34. The molecule has 0 aliphatic heterocycles. The normalized spacial score (nSPS) is 22.7. The van der Waals surface area contributed by atoms with Crippen molar-refractivity contribution in [1.29, 1.82) is 0 Å². The van der Waals surface area contributed by atoms with Gasteiger partial charge in [-0.2, -0.15) is 0 Å². The molecule has 0 spiro atoms. The van der Waals surface area contributed by atoms with E-state index in [1.165, 1.54) is 24.3 Å². The fraction of sp³-hybridized carbons (Fsp3) is 0.417. The molecular weight excluding hydrogens is 234 g/mol. The second-order valence-corrected chi connectivity index (χ2v) is 4.56. The van der Waals surface area contributed by atoms with Crippen molar-refractivity contribution in [2.45, 2.75) is 25.3 Å². The van der Waals surface area contributed by atoms with E-state index in [1.807, 2.05) is 0 Å². The van der Waals surface area contributed by atoms with Crippen LogP contribution in [-0.2, 0) is 4.79 Å². The molecule has 1 aliphatic carbocycles. The van der Waals surface area contributed by atoms with Gasteiger partial charge in [0.05, 0.1) is 4.92 Å². The number of non-ortho nitro benzene ring substituents is 1. The van der Waals surface area contributed by atoms with Gasteiger partial charge in [-0.1, -0.05) is 0 Å². The van der Waals surface area contributed by atoms with Crippen molar-refractivity contribution < 1.29 is 9.72 Å². The predicted octanol–water partition coefficient (Wildman–Crippen LogP) is 1.66. The molecule has 2 rings (SSSR count). The Morgan fingerprint density at radius 3 is 2.50 bits per heavy atom. The Hall–Kier alpha value is -1.95. The number of carbonyl (C=O) groups is 1. The van der Waals surface area contributed by atoms with E-state index in [4.69, 9.17) is 5.73 Å². The fourth-order valence-corrected chi connectivity index (χ4v) is 2.17. The molecule has 3 N–H and O–H groups in total. The standard InChI is InChI=1S/C12H15N3O3/c13-9-2-1-8(7-9)12(16)14-10-3-5-11(6-4-10)15(17)18/h3-6,8-9H,1-2,7,13H2,(H,14,16). The number of nitrogens with zero attached hydrogens (tertiary/aromatic N) is 1. The van der Waals surface area contributed by atoms with Crippen LogP contribution in [0.3, 0.4) is 0 Å². The Morgan fingerprint density at radius 1 is 1.33 bits per heavy atom. The van der Waals surface area contributed by atoms with Crippen molar-refractivity contribution in [3.8, 4) is 0 Å². The monoisotopic (exact) mass is 249 g/mol. The second-order valence-electron chi connectivity index (χ2n) is 4.56. The molecule has 1 aliphatic rings. The molecule has 6 nitrogen and oxygen atoms in total. The number of hydrogen-bond acceptors (Lipinski definition) is 4. The van der Waals surface area contributed by atoms with Gasteiger partial charge in [0.1, 0.15) is 0 Å². The molecule has 6 heteroatoms. The van der Waals surface area contributed by atoms with Gasteiger partial charge in [-0.25, -0.2) is 0 Å². The highest BCUT2D eigenvalue weighted by Crippen LogP contribution is 2.25. The van der Waals surface area contributed by atoms with E-state index >= 15 is 0 Å². The van der Waals surface area contributed by atoms with E-state index in [9.17, 15) is 14.9 Å². The van der Waals surface area contributed by atoms with E-state index in [-0.39, 0.29) is 23.6 Å². The minimum absolute atomic E-state index is 0.0101. The molecule has 0 radical (unpaired) electrons. The smallest absolute Gasteiger partial charge is 0.269 e. The summed E-state index contributed by atoms with van der Waals surface area (Å²) in [6.45, 7) is 0. The van der Waals surface area contributed by atoms with Gasteiger partial charge < -0.3 is 11.1 Å². The SMILES string of the molecule is NC1CCC(C(=O)Nc2ccc([N+](=O)[O-])cc2)C1. The molecule has 2 atom stereocenters. The number of nitro groups is 1. The average molecular weight is 249 g/mol. The highest BCUT2D eigenvalue weighted by molar-refractivity contribution is 5.92. The molecule has 1 amide bonds. The summed E-state index contributed by atoms with van der Waals surface area (Å²) in [6, 6.07) is 5.92. The fourth-order valence-electron chi connectivity index (χ4n) is 2.17. The van der Waals surface area contributed by atoms with E-state index in [0.29, 0.717) is 12.1 Å². The van der Waals surface area contributed by atoms with E-state index in [0.717, 1.165) is 12.8 Å². The molecule has 0 heterocycles. The Labute approximate surface area is 104 Å². The average Bonchev–Trinajstić information content (AvgIpc) is 2.76. The van der Waals surface area contributed by atoms with Crippen molar-refractivity contribution in [1.82, 2.24) is 0 Å². The maximum Gasteiger partial charge on any atom is 0.269 e. The molecule has 1 saturated carbocycles. The summed E-state index contributed by atoms with van der Waals surface area (Å²) in [7, 11) is 0. The Morgan fingerprint density at radius 2 is 2.00 bits per heavy atom. The first kappa shape index (κ1) is 12.5. The summed E-state index contributed by atoms with van der Waals surface area (Å²) in [5, 5.41) is 13.2. The highest BCUT2D eigenvalue weighted by Gasteiger charge is 2.27. The van der Waals surface area contributed by atoms with Crippen molar-refractivity contribution in [2.24, 2.45) is 11.7 Å². The van der Waals surface area contributed by atoms with Gasteiger partial charge in [-0.05, 0) is 31.4 Å². The van der Waals surface area contributed by atoms with Gasteiger partial charge in [0, 0.05) is 29.8 Å². The summed E-state index contributed by atoms with van der Waals surface area (Å²) in [6.07, 6.45) is 2.39. The third-order valence-corrected chi connectivity index (χ3v) is 3.19. The summed E-state index contributed by atoms with van der Waals surface area (Å²) in [5.74, 6) is -0.105. The van der Waals surface area contributed by atoms with Gasteiger partial charge in [0.15, 0.2) is 0 Å². The minimum atomic E-state index is -0.471. The zero-order valence-electron chi connectivity index (χ0n) is 9.83. The van der Waals surface area contributed by atoms with Gasteiger partial charge in [-0.15, -0.1) is 0 Å². The van der Waals surface area contributed by atoms with Crippen molar-refractivity contribution in [3.05, 3.63) is 34.4 Å². The molecule has 1 aromatic rings. The molecule has 96 valence electrons. The van der Waals surface area contributed by atoms with E-state index in [2.05, 4.69) is 5.32 Å². The lowest BCUT2D eigenvalue weighted by Crippen LogP contribution is -2.23. The van der Waals surface area contributed by atoms with Crippen LogP contribution in [0, 0.1) is 16.0 Å². The number of amides is 1. The van der Waals surface area contributed by atoms with Gasteiger partial charge >= 0.3 is 0 Å². The lowest BCUT2D eigenvalue weighted by molar-refractivity contribution is -0.384. The van der Waals surface area contributed by atoms with Crippen molar-refractivity contribution >= 4 is 17.3 Å². The zero-order chi connectivity index (χ0) is 13.1. The molecule has 0 aromatic heterocycles.